The largest absolute Gasteiger partial charge is 0.353 e. The fourth-order valence-corrected chi connectivity index (χ4v) is 2.88. The van der Waals surface area contributed by atoms with Crippen molar-refractivity contribution in [1.29, 1.82) is 5.26 Å². The van der Waals surface area contributed by atoms with E-state index in [9.17, 15) is 0 Å². The van der Waals surface area contributed by atoms with E-state index in [1.54, 1.807) is 37.5 Å². The van der Waals surface area contributed by atoms with Gasteiger partial charge in [-0.15, -0.1) is 0 Å². The first kappa shape index (κ1) is 12.8. The van der Waals surface area contributed by atoms with Gasteiger partial charge >= 0.3 is 0 Å². The van der Waals surface area contributed by atoms with E-state index in [0.717, 1.165) is 16.3 Å². The Balaban J connectivity index is 1.80. The van der Waals surface area contributed by atoms with E-state index in [2.05, 4.69) is 20.3 Å². The minimum atomic E-state index is -2.22. The van der Waals surface area contributed by atoms with Crippen LogP contribution in [0.4, 0.5) is 17.2 Å². The highest BCUT2D eigenvalue weighted by Gasteiger charge is 2.20. The number of hydrogen-bond donors (Lipinski definition) is 1. The van der Waals surface area contributed by atoms with Gasteiger partial charge in [-0.25, -0.2) is 4.98 Å². The van der Waals surface area contributed by atoms with Crippen molar-refractivity contribution in [2.24, 2.45) is 0 Å². The van der Waals surface area contributed by atoms with Crippen LogP contribution >= 0.6 is 0 Å². The molecule has 0 unspecified atom stereocenters. The molecule has 6 heteroatoms. The molecule has 1 N–H and O–H groups in total. The summed E-state index contributed by atoms with van der Waals surface area (Å²) in [6.45, 7) is -0.739. The van der Waals surface area contributed by atoms with Crippen LogP contribution in [0.3, 0.4) is 0 Å². The molecule has 0 fully saturated rings. The highest BCUT2D eigenvalue weighted by atomic mass is 15.2. The smallest absolute Gasteiger partial charge is 0.131 e. The van der Waals surface area contributed by atoms with E-state index < -0.39 is 13.0 Å². The minimum Gasteiger partial charge on any atom is -0.353 e. The molecule has 134 valence electrons. The fraction of sp³-hybridized carbons (Fsp3) is 0.238. The van der Waals surface area contributed by atoms with Gasteiger partial charge in [-0.1, -0.05) is 0 Å². The molecule has 0 saturated carbocycles. The van der Waals surface area contributed by atoms with Crippen LogP contribution in [0.2, 0.25) is 0 Å². The van der Waals surface area contributed by atoms with E-state index in [1.165, 1.54) is 6.20 Å². The molecule has 1 aliphatic rings. The maximum absolute atomic E-state index is 9.10. The average Bonchev–Trinajstić information content (AvgIpc) is 2.71. The van der Waals surface area contributed by atoms with Crippen molar-refractivity contribution in [2.75, 3.05) is 16.7 Å². The molecule has 6 nitrogen and oxygen atoms in total. The molecular formula is C21H20N6. The monoisotopic (exact) mass is 360 g/mol. The van der Waals surface area contributed by atoms with Crippen molar-refractivity contribution in [1.82, 2.24) is 15.0 Å². The Labute approximate surface area is 164 Å². The summed E-state index contributed by atoms with van der Waals surface area (Å²) in [5, 5.41) is 12.3. The highest BCUT2D eigenvalue weighted by Crippen LogP contribution is 2.27. The zero-order valence-corrected chi connectivity index (χ0v) is 15.0. The van der Waals surface area contributed by atoms with E-state index in [4.69, 9.17) is 10.7 Å². The summed E-state index contributed by atoms with van der Waals surface area (Å²) in [7, 11) is 0. The SMILES string of the molecule is [2H]C1([2H])Cc2ncc(Nc3cccnc3C)cc2C([2H])([2H])N1c1ncc(C#N)cc1C. The van der Waals surface area contributed by atoms with Crippen LogP contribution in [0.15, 0.2) is 42.9 Å². The molecule has 0 amide bonds. The predicted molar refractivity (Wildman–Crippen MR) is 105 cm³/mol. The Bertz CT molecular complexity index is 1200. The van der Waals surface area contributed by atoms with Crippen LogP contribution in [-0.4, -0.2) is 21.4 Å². The number of pyridine rings is 3. The van der Waals surface area contributed by atoms with E-state index in [-0.39, 0.29) is 17.8 Å². The maximum Gasteiger partial charge on any atom is 0.131 e. The highest BCUT2D eigenvalue weighted by molar-refractivity contribution is 5.62. The Morgan fingerprint density at radius 3 is 2.89 bits per heavy atom. The van der Waals surface area contributed by atoms with Gasteiger partial charge in [0.1, 0.15) is 11.9 Å². The number of aromatic nitrogens is 3. The molecule has 4 heterocycles. The lowest BCUT2D eigenvalue weighted by molar-refractivity contribution is 0.701. The van der Waals surface area contributed by atoms with Crippen LogP contribution in [-0.2, 0) is 12.9 Å². The minimum absolute atomic E-state index is 0.102. The normalized spacial score (nSPS) is 18.9. The van der Waals surface area contributed by atoms with Gasteiger partial charge in [0.05, 0.1) is 31.6 Å². The summed E-state index contributed by atoms with van der Waals surface area (Å²) in [5.41, 5.74) is 3.61. The van der Waals surface area contributed by atoms with Gasteiger partial charge in [-0.3, -0.25) is 9.97 Å². The van der Waals surface area contributed by atoms with Crippen LogP contribution in [0.1, 0.15) is 33.6 Å². The second-order valence-corrected chi connectivity index (χ2v) is 6.24. The topological polar surface area (TPSA) is 77.7 Å². The van der Waals surface area contributed by atoms with Gasteiger partial charge in [0.25, 0.3) is 0 Å². The Hall–Kier alpha value is -3.46. The number of nitrogens with one attached hydrogen (secondary N) is 1. The summed E-state index contributed by atoms with van der Waals surface area (Å²) < 4.78 is 34.8. The summed E-state index contributed by atoms with van der Waals surface area (Å²) in [5.74, 6) is 0.154. The van der Waals surface area contributed by atoms with Gasteiger partial charge in [-0.2, -0.15) is 5.26 Å². The summed E-state index contributed by atoms with van der Waals surface area (Å²) in [6.07, 6.45) is 4.48. The molecule has 3 aromatic heterocycles. The van der Waals surface area contributed by atoms with Gasteiger partial charge in [0.2, 0.25) is 0 Å². The van der Waals surface area contributed by atoms with Crippen molar-refractivity contribution in [2.45, 2.75) is 26.8 Å². The van der Waals surface area contributed by atoms with Crippen molar-refractivity contribution in [3.05, 3.63) is 70.9 Å². The Morgan fingerprint density at radius 2 is 2.11 bits per heavy atom. The zero-order valence-electron chi connectivity index (χ0n) is 19.0. The molecule has 0 radical (unpaired) electrons. The van der Waals surface area contributed by atoms with E-state index in [1.807, 2.05) is 19.1 Å². The maximum atomic E-state index is 9.10. The first-order valence-electron chi connectivity index (χ1n) is 10.5. The second kappa shape index (κ2) is 7.04. The quantitative estimate of drug-likeness (QED) is 0.768. The molecule has 27 heavy (non-hydrogen) atoms. The molecule has 1 aliphatic heterocycles. The van der Waals surface area contributed by atoms with E-state index >= 15 is 0 Å². The van der Waals surface area contributed by atoms with Gasteiger partial charge in [-0.05, 0) is 49.2 Å². The van der Waals surface area contributed by atoms with Crippen molar-refractivity contribution < 1.29 is 5.48 Å². The molecular weight excluding hydrogens is 336 g/mol. The van der Waals surface area contributed by atoms with Crippen LogP contribution in [0.25, 0.3) is 0 Å². The van der Waals surface area contributed by atoms with Crippen molar-refractivity contribution in [3.8, 4) is 6.07 Å². The number of nitriles is 1. The molecule has 0 saturated heterocycles. The van der Waals surface area contributed by atoms with Crippen molar-refractivity contribution in [3.63, 3.8) is 0 Å². The Morgan fingerprint density at radius 1 is 1.22 bits per heavy atom. The van der Waals surface area contributed by atoms with Gasteiger partial charge in [0, 0.05) is 40.2 Å². The number of rotatable bonds is 3. The Kier molecular flexibility index (Phi) is 3.34. The molecule has 0 atom stereocenters. The lowest BCUT2D eigenvalue weighted by Crippen LogP contribution is -2.32. The standard InChI is InChI=1S/C21H20N6/c1-14-8-16(10-22)11-25-21(14)27-7-5-20-17(13-27)9-18(12-24-20)26-19-4-3-6-23-15(19)2/h3-4,6,8-9,11-12,26H,5,7,13H2,1-2H3/i7D2,13D2. The molecule has 3 aromatic rings. The third kappa shape index (κ3) is 3.44. The number of aryl methyl sites for hydroxylation is 3. The second-order valence-electron chi connectivity index (χ2n) is 6.24. The first-order chi connectivity index (χ1) is 14.6. The summed E-state index contributed by atoms with van der Waals surface area (Å²) in [6, 6.07) is 8.89. The third-order valence-electron chi connectivity index (χ3n) is 4.28. The van der Waals surface area contributed by atoms with E-state index in [0.29, 0.717) is 22.5 Å². The zero-order chi connectivity index (χ0) is 22.4. The lowest BCUT2D eigenvalue weighted by Gasteiger charge is -2.30. The third-order valence-corrected chi connectivity index (χ3v) is 4.28. The molecule has 0 bridgehead atoms. The van der Waals surface area contributed by atoms with Gasteiger partial charge in [0.15, 0.2) is 0 Å². The number of fused-ring (bicyclic) bond motifs is 1. The van der Waals surface area contributed by atoms with Crippen LogP contribution < -0.4 is 10.2 Å². The first-order valence-corrected chi connectivity index (χ1v) is 8.48. The van der Waals surface area contributed by atoms with Gasteiger partial charge < -0.3 is 10.2 Å². The predicted octanol–water partition coefficient (Wildman–Crippen LogP) is 3.67. The molecule has 4 rings (SSSR count). The number of nitrogens with zero attached hydrogens (tertiary/aromatic N) is 5. The lowest BCUT2D eigenvalue weighted by atomic mass is 10.0. The number of anilines is 3. The molecule has 0 aromatic carbocycles. The molecule has 0 aliphatic carbocycles. The van der Waals surface area contributed by atoms with Crippen molar-refractivity contribution >= 4 is 17.2 Å². The van der Waals surface area contributed by atoms with Crippen LogP contribution in [0, 0.1) is 25.2 Å². The van der Waals surface area contributed by atoms with Crippen LogP contribution in [0.5, 0.6) is 0 Å². The summed E-state index contributed by atoms with van der Waals surface area (Å²) >= 11 is 0. The number of hydrogen-bond acceptors (Lipinski definition) is 6. The summed E-state index contributed by atoms with van der Waals surface area (Å²) in [4.78, 5) is 13.9. The average molecular weight is 360 g/mol. The molecule has 0 spiro atoms. The fourth-order valence-electron chi connectivity index (χ4n) is 2.88.